The fourth-order valence-corrected chi connectivity index (χ4v) is 3.75. The van der Waals surface area contributed by atoms with Gasteiger partial charge in [0.15, 0.2) is 0 Å². The molecular weight excluding hydrogens is 294 g/mol. The first kappa shape index (κ1) is 15.8. The van der Waals surface area contributed by atoms with Crippen molar-refractivity contribution < 1.29 is 13.3 Å². The number of rotatable bonds is 4. The lowest BCUT2D eigenvalue weighted by atomic mass is 10.2. The summed E-state index contributed by atoms with van der Waals surface area (Å²) in [5.74, 6) is -0.102. The van der Waals surface area contributed by atoms with Crippen LogP contribution in [0, 0.1) is 16.0 Å². The Morgan fingerprint density at radius 1 is 1.53 bits per heavy atom. The van der Waals surface area contributed by atoms with Crippen molar-refractivity contribution >= 4 is 27.9 Å². The SMILES string of the molecule is Cl.O=[N+]([O-])c1cccnc1S(=O)(=O)CC1CCNC1. The maximum Gasteiger partial charge on any atom is 0.306 e. The molecule has 7 nitrogen and oxygen atoms in total. The van der Waals surface area contributed by atoms with Gasteiger partial charge in [-0.3, -0.25) is 10.1 Å². The molecular formula is C10H14ClN3O4S. The Kier molecular flexibility index (Phi) is 5.21. The van der Waals surface area contributed by atoms with Crippen LogP contribution in [0.15, 0.2) is 23.4 Å². The summed E-state index contributed by atoms with van der Waals surface area (Å²) in [7, 11) is -3.71. The van der Waals surface area contributed by atoms with Gasteiger partial charge >= 0.3 is 5.69 Å². The van der Waals surface area contributed by atoms with Gasteiger partial charge in [-0.25, -0.2) is 13.4 Å². The number of sulfone groups is 1. The lowest BCUT2D eigenvalue weighted by molar-refractivity contribution is -0.388. The van der Waals surface area contributed by atoms with Gasteiger partial charge in [-0.2, -0.15) is 0 Å². The second-order valence-electron chi connectivity index (χ2n) is 4.23. The minimum atomic E-state index is -3.71. The number of pyridine rings is 1. The minimum absolute atomic E-state index is 0. The Morgan fingerprint density at radius 2 is 2.26 bits per heavy atom. The zero-order chi connectivity index (χ0) is 13.2. The highest BCUT2D eigenvalue weighted by atomic mass is 35.5. The molecule has 1 aliphatic heterocycles. The van der Waals surface area contributed by atoms with E-state index < -0.39 is 25.5 Å². The fraction of sp³-hybridized carbons (Fsp3) is 0.500. The zero-order valence-corrected chi connectivity index (χ0v) is 11.6. The number of hydrogen-bond acceptors (Lipinski definition) is 6. The average Bonchev–Trinajstić information content (AvgIpc) is 2.81. The molecule has 2 heterocycles. The van der Waals surface area contributed by atoms with Crippen LogP contribution in [-0.2, 0) is 9.84 Å². The fourth-order valence-electron chi connectivity index (χ4n) is 2.01. The molecule has 0 bridgehead atoms. The minimum Gasteiger partial charge on any atom is -0.316 e. The summed E-state index contributed by atoms with van der Waals surface area (Å²) in [6, 6.07) is 2.51. The third-order valence-electron chi connectivity index (χ3n) is 2.86. The van der Waals surface area contributed by atoms with E-state index in [2.05, 4.69) is 10.3 Å². The Hall–Kier alpha value is -1.25. The largest absolute Gasteiger partial charge is 0.316 e. The van der Waals surface area contributed by atoms with Crippen LogP contribution in [0.2, 0.25) is 0 Å². The molecule has 1 aliphatic rings. The van der Waals surface area contributed by atoms with Gasteiger partial charge in [-0.1, -0.05) is 0 Å². The Bertz CT molecular complexity index is 558. The lowest BCUT2D eigenvalue weighted by Gasteiger charge is -2.08. The van der Waals surface area contributed by atoms with Crippen molar-refractivity contribution in [2.45, 2.75) is 11.4 Å². The molecule has 0 saturated carbocycles. The topological polar surface area (TPSA) is 102 Å². The summed E-state index contributed by atoms with van der Waals surface area (Å²) in [4.78, 5) is 13.7. The summed E-state index contributed by atoms with van der Waals surface area (Å²) >= 11 is 0. The van der Waals surface area contributed by atoms with Gasteiger partial charge in [0, 0.05) is 12.3 Å². The number of nitro groups is 1. The van der Waals surface area contributed by atoms with Gasteiger partial charge in [-0.15, -0.1) is 12.4 Å². The van der Waals surface area contributed by atoms with Crippen molar-refractivity contribution in [1.29, 1.82) is 0 Å². The monoisotopic (exact) mass is 307 g/mol. The molecule has 106 valence electrons. The van der Waals surface area contributed by atoms with Crippen molar-refractivity contribution in [2.75, 3.05) is 18.8 Å². The summed E-state index contributed by atoms with van der Waals surface area (Å²) in [6.07, 6.45) is 2.02. The van der Waals surface area contributed by atoms with Crippen molar-refractivity contribution in [3.05, 3.63) is 28.4 Å². The number of halogens is 1. The molecule has 1 atom stereocenters. The normalized spacial score (nSPS) is 18.8. The van der Waals surface area contributed by atoms with Gasteiger partial charge in [0.2, 0.25) is 14.9 Å². The van der Waals surface area contributed by atoms with Crippen LogP contribution >= 0.6 is 12.4 Å². The predicted molar refractivity (Wildman–Crippen MR) is 71.2 cm³/mol. The van der Waals surface area contributed by atoms with Gasteiger partial charge in [-0.05, 0) is 31.5 Å². The molecule has 19 heavy (non-hydrogen) atoms. The van der Waals surface area contributed by atoms with Crippen LogP contribution in [0.4, 0.5) is 5.69 Å². The average molecular weight is 308 g/mol. The van der Waals surface area contributed by atoms with Crippen molar-refractivity contribution in [3.8, 4) is 0 Å². The summed E-state index contributed by atoms with van der Waals surface area (Å²) in [5.41, 5.74) is -0.455. The summed E-state index contributed by atoms with van der Waals surface area (Å²) in [5, 5.41) is 13.4. The number of nitrogens with one attached hydrogen (secondary N) is 1. The van der Waals surface area contributed by atoms with Crippen LogP contribution in [0.1, 0.15) is 6.42 Å². The van der Waals surface area contributed by atoms with Gasteiger partial charge in [0.25, 0.3) is 0 Å². The van der Waals surface area contributed by atoms with E-state index >= 15 is 0 Å². The van der Waals surface area contributed by atoms with Gasteiger partial charge < -0.3 is 5.32 Å². The predicted octanol–water partition coefficient (Wildman–Crippen LogP) is 0.795. The van der Waals surface area contributed by atoms with E-state index in [1.807, 2.05) is 0 Å². The number of nitrogens with zero attached hydrogens (tertiary/aromatic N) is 2. The smallest absolute Gasteiger partial charge is 0.306 e. The van der Waals surface area contributed by atoms with E-state index in [1.54, 1.807) is 0 Å². The molecule has 9 heteroatoms. The standard InChI is InChI=1S/C10H13N3O4S.ClH/c14-13(15)9-2-1-4-12-10(9)18(16,17)7-8-3-5-11-6-8;/h1-2,4,8,11H,3,5-7H2;1H. The number of aromatic nitrogens is 1. The second kappa shape index (κ2) is 6.27. The highest BCUT2D eigenvalue weighted by Gasteiger charge is 2.30. The Balaban J connectivity index is 0.00000180. The van der Waals surface area contributed by atoms with E-state index in [0.29, 0.717) is 6.54 Å². The molecule has 1 aromatic rings. The van der Waals surface area contributed by atoms with E-state index in [0.717, 1.165) is 19.0 Å². The van der Waals surface area contributed by atoms with Crippen molar-refractivity contribution in [3.63, 3.8) is 0 Å². The third-order valence-corrected chi connectivity index (χ3v) is 4.67. The molecule has 0 spiro atoms. The zero-order valence-electron chi connectivity index (χ0n) is 9.98. The second-order valence-corrected chi connectivity index (χ2v) is 6.17. The molecule has 0 aromatic carbocycles. The molecule has 1 fully saturated rings. The van der Waals surface area contributed by atoms with E-state index in [-0.39, 0.29) is 24.1 Å². The molecule has 1 saturated heterocycles. The van der Waals surface area contributed by atoms with Crippen molar-refractivity contribution in [2.24, 2.45) is 5.92 Å². The first-order valence-corrected chi connectivity index (χ1v) is 7.19. The van der Waals surface area contributed by atoms with E-state index in [4.69, 9.17) is 0 Å². The quantitative estimate of drug-likeness (QED) is 0.652. The summed E-state index contributed by atoms with van der Waals surface area (Å²) in [6.45, 7) is 1.41. The van der Waals surface area contributed by atoms with Crippen LogP contribution in [0.25, 0.3) is 0 Å². The van der Waals surface area contributed by atoms with Gasteiger partial charge in [0.1, 0.15) is 0 Å². The molecule has 0 radical (unpaired) electrons. The molecule has 2 rings (SSSR count). The van der Waals surface area contributed by atoms with Crippen LogP contribution in [-0.4, -0.2) is 37.2 Å². The van der Waals surface area contributed by atoms with E-state index in [9.17, 15) is 18.5 Å². The molecule has 1 aromatic heterocycles. The maximum absolute atomic E-state index is 12.1. The van der Waals surface area contributed by atoms with E-state index in [1.165, 1.54) is 12.3 Å². The molecule has 1 N–H and O–H groups in total. The van der Waals surface area contributed by atoms with Gasteiger partial charge in [0.05, 0.1) is 10.7 Å². The first-order valence-electron chi connectivity index (χ1n) is 5.53. The Labute approximate surface area is 116 Å². The molecule has 1 unspecified atom stereocenters. The number of hydrogen-bond donors (Lipinski definition) is 1. The maximum atomic E-state index is 12.1. The molecule has 0 amide bonds. The van der Waals surface area contributed by atoms with Crippen LogP contribution < -0.4 is 5.32 Å². The third kappa shape index (κ3) is 3.62. The molecule has 0 aliphatic carbocycles. The summed E-state index contributed by atoms with van der Waals surface area (Å²) < 4.78 is 24.2. The lowest BCUT2D eigenvalue weighted by Crippen LogP contribution is -2.20. The van der Waals surface area contributed by atoms with Crippen LogP contribution in [0.3, 0.4) is 0 Å². The highest BCUT2D eigenvalue weighted by Crippen LogP contribution is 2.24. The Morgan fingerprint density at radius 3 is 2.84 bits per heavy atom. The van der Waals surface area contributed by atoms with Crippen molar-refractivity contribution in [1.82, 2.24) is 10.3 Å². The first-order chi connectivity index (χ1) is 8.50. The van der Waals surface area contributed by atoms with Crippen LogP contribution in [0.5, 0.6) is 0 Å². The highest BCUT2D eigenvalue weighted by molar-refractivity contribution is 7.91.